The zero-order chi connectivity index (χ0) is 8.32. The first kappa shape index (κ1) is 8.58. The lowest BCUT2D eigenvalue weighted by Gasteiger charge is -2.13. The molecule has 1 atom stereocenters. The minimum atomic E-state index is -0.797. The van der Waals surface area contributed by atoms with Crippen molar-refractivity contribution < 1.29 is 0 Å². The van der Waals surface area contributed by atoms with Gasteiger partial charge >= 0.3 is 0 Å². The molecule has 0 N–H and O–H groups in total. The van der Waals surface area contributed by atoms with Crippen LogP contribution in [0.25, 0.3) is 0 Å². The molecular weight excluding hydrogens is 178 g/mol. The van der Waals surface area contributed by atoms with Crippen LogP contribution in [0.5, 0.6) is 0 Å². The first-order valence-electron chi connectivity index (χ1n) is 3.37. The molecule has 1 nitrogen and oxygen atoms in total. The maximum atomic E-state index is 8.78. The molecule has 0 spiro atoms. The largest absolute Gasteiger partial charge is 0.196 e. The summed E-state index contributed by atoms with van der Waals surface area (Å²) in [6.45, 7) is 1.91. The van der Waals surface area contributed by atoms with Crippen molar-refractivity contribution in [1.82, 2.24) is 0 Å². The third-order valence-corrected chi connectivity index (χ3v) is 3.28. The third kappa shape index (κ3) is 1.55. The number of thiophene rings is 1. The maximum Gasteiger partial charge on any atom is 0.164 e. The minimum Gasteiger partial charge on any atom is -0.196 e. The molecule has 11 heavy (non-hydrogen) atoms. The van der Waals surface area contributed by atoms with Crippen LogP contribution in [0.2, 0.25) is 0 Å². The van der Waals surface area contributed by atoms with E-state index in [0.29, 0.717) is 6.42 Å². The number of hydrogen-bond donors (Lipinski definition) is 0. The van der Waals surface area contributed by atoms with Crippen molar-refractivity contribution in [2.24, 2.45) is 0 Å². The van der Waals surface area contributed by atoms with Gasteiger partial charge in [0.1, 0.15) is 0 Å². The predicted octanol–water partition coefficient (Wildman–Crippen LogP) is 3.12. The van der Waals surface area contributed by atoms with Gasteiger partial charge in [0.25, 0.3) is 0 Å². The van der Waals surface area contributed by atoms with Crippen LogP contribution in [0.15, 0.2) is 17.5 Å². The predicted molar refractivity (Wildman–Crippen MR) is 47.8 cm³/mol. The Balaban J connectivity index is 2.99. The van der Waals surface area contributed by atoms with Gasteiger partial charge in [0.15, 0.2) is 4.87 Å². The fourth-order valence-corrected chi connectivity index (χ4v) is 1.85. The van der Waals surface area contributed by atoms with Crippen LogP contribution < -0.4 is 0 Å². The highest BCUT2D eigenvalue weighted by Gasteiger charge is 2.27. The molecule has 0 amide bonds. The quantitative estimate of drug-likeness (QED) is 0.650. The second kappa shape index (κ2) is 3.25. The lowest BCUT2D eigenvalue weighted by atomic mass is 10.1. The van der Waals surface area contributed by atoms with Crippen LogP contribution in [0, 0.1) is 11.3 Å². The number of rotatable bonds is 2. The Labute approximate surface area is 75.2 Å². The van der Waals surface area contributed by atoms with E-state index in [0.717, 1.165) is 4.88 Å². The third-order valence-electron chi connectivity index (χ3n) is 1.58. The second-order valence-corrected chi connectivity index (χ2v) is 3.84. The minimum absolute atomic E-state index is 0.644. The van der Waals surface area contributed by atoms with Crippen LogP contribution in [0.1, 0.15) is 18.2 Å². The van der Waals surface area contributed by atoms with E-state index in [4.69, 9.17) is 16.9 Å². The van der Waals surface area contributed by atoms with Gasteiger partial charge in [-0.25, -0.2) is 0 Å². The SMILES string of the molecule is CCC(Cl)(C#N)c1cccs1. The molecule has 0 saturated carbocycles. The Morgan fingerprint density at radius 3 is 2.91 bits per heavy atom. The van der Waals surface area contributed by atoms with Gasteiger partial charge in [-0.05, 0) is 17.9 Å². The van der Waals surface area contributed by atoms with E-state index in [1.165, 1.54) is 11.3 Å². The molecule has 1 aromatic rings. The number of alkyl halides is 1. The van der Waals surface area contributed by atoms with E-state index in [1.54, 1.807) is 0 Å². The second-order valence-electron chi connectivity index (χ2n) is 2.24. The summed E-state index contributed by atoms with van der Waals surface area (Å²) in [6, 6.07) is 5.91. The first-order valence-corrected chi connectivity index (χ1v) is 4.63. The highest BCUT2D eigenvalue weighted by molar-refractivity contribution is 7.10. The fraction of sp³-hybridized carbons (Fsp3) is 0.375. The Bertz CT molecular complexity index is 262. The summed E-state index contributed by atoms with van der Waals surface area (Å²) in [5.41, 5.74) is 0. The van der Waals surface area contributed by atoms with Gasteiger partial charge in [-0.3, -0.25) is 0 Å². The molecule has 0 fully saturated rings. The van der Waals surface area contributed by atoms with E-state index >= 15 is 0 Å². The van der Waals surface area contributed by atoms with E-state index < -0.39 is 4.87 Å². The summed E-state index contributed by atoms with van der Waals surface area (Å²) in [7, 11) is 0. The van der Waals surface area contributed by atoms with Crippen LogP contribution >= 0.6 is 22.9 Å². The van der Waals surface area contributed by atoms with Crippen molar-refractivity contribution >= 4 is 22.9 Å². The molecule has 0 bridgehead atoms. The molecule has 0 aromatic carbocycles. The number of nitrogens with zero attached hydrogens (tertiary/aromatic N) is 1. The number of hydrogen-bond acceptors (Lipinski definition) is 2. The molecule has 0 aliphatic carbocycles. The molecule has 3 heteroatoms. The number of nitriles is 1. The Hall–Kier alpha value is -0.520. The van der Waals surface area contributed by atoms with Crippen LogP contribution in [0.4, 0.5) is 0 Å². The van der Waals surface area contributed by atoms with E-state index in [9.17, 15) is 0 Å². The van der Waals surface area contributed by atoms with E-state index in [1.807, 2.05) is 24.4 Å². The van der Waals surface area contributed by atoms with Crippen LogP contribution in [-0.2, 0) is 4.87 Å². The van der Waals surface area contributed by atoms with Crippen molar-refractivity contribution in [3.05, 3.63) is 22.4 Å². The lowest BCUT2D eigenvalue weighted by molar-refractivity contribution is 0.752. The summed E-state index contributed by atoms with van der Waals surface area (Å²) in [5, 5.41) is 10.7. The highest BCUT2D eigenvalue weighted by atomic mass is 35.5. The Morgan fingerprint density at radius 2 is 2.55 bits per heavy atom. The molecule has 0 aliphatic rings. The molecule has 0 saturated heterocycles. The molecule has 1 heterocycles. The van der Waals surface area contributed by atoms with Gasteiger partial charge in [-0.2, -0.15) is 5.26 Å². The van der Waals surface area contributed by atoms with Crippen LogP contribution in [0.3, 0.4) is 0 Å². The summed E-state index contributed by atoms with van der Waals surface area (Å²) in [5.74, 6) is 0. The molecule has 1 aromatic heterocycles. The smallest absolute Gasteiger partial charge is 0.164 e. The van der Waals surface area contributed by atoms with E-state index in [2.05, 4.69) is 6.07 Å². The van der Waals surface area contributed by atoms with Gasteiger partial charge < -0.3 is 0 Å². The van der Waals surface area contributed by atoms with Crippen molar-refractivity contribution in [1.29, 1.82) is 5.26 Å². The average molecular weight is 186 g/mol. The summed E-state index contributed by atoms with van der Waals surface area (Å²) >= 11 is 7.55. The van der Waals surface area contributed by atoms with Crippen molar-refractivity contribution in [3.8, 4) is 6.07 Å². The maximum absolute atomic E-state index is 8.78. The zero-order valence-electron chi connectivity index (χ0n) is 6.17. The fourth-order valence-electron chi connectivity index (χ4n) is 0.812. The van der Waals surface area contributed by atoms with Gasteiger partial charge in [0.2, 0.25) is 0 Å². The monoisotopic (exact) mass is 185 g/mol. The molecule has 1 unspecified atom stereocenters. The molecule has 0 aliphatic heterocycles. The number of halogens is 1. The molecule has 1 rings (SSSR count). The zero-order valence-corrected chi connectivity index (χ0v) is 7.75. The molecule has 58 valence electrons. The lowest BCUT2D eigenvalue weighted by Crippen LogP contribution is -2.11. The van der Waals surface area contributed by atoms with Gasteiger partial charge in [-0.15, -0.1) is 11.3 Å². The normalized spacial score (nSPS) is 15.4. The van der Waals surface area contributed by atoms with Gasteiger partial charge in [0.05, 0.1) is 6.07 Å². The van der Waals surface area contributed by atoms with Crippen molar-refractivity contribution in [2.45, 2.75) is 18.2 Å². The first-order chi connectivity index (χ1) is 5.23. The highest BCUT2D eigenvalue weighted by Crippen LogP contribution is 2.34. The summed E-state index contributed by atoms with van der Waals surface area (Å²) in [6.07, 6.45) is 0.644. The topological polar surface area (TPSA) is 23.8 Å². The Morgan fingerprint density at radius 1 is 1.82 bits per heavy atom. The standard InChI is InChI=1S/C8H8ClNS/c1-2-8(9,6-10)7-4-3-5-11-7/h3-5H,2H2,1H3. The van der Waals surface area contributed by atoms with E-state index in [-0.39, 0.29) is 0 Å². The molecule has 0 radical (unpaired) electrons. The Kier molecular flexibility index (Phi) is 2.53. The average Bonchev–Trinajstić information content (AvgIpc) is 2.55. The summed E-state index contributed by atoms with van der Waals surface area (Å²) in [4.78, 5) is 0.137. The molecular formula is C8H8ClNS. The van der Waals surface area contributed by atoms with Gasteiger partial charge in [-0.1, -0.05) is 24.6 Å². The van der Waals surface area contributed by atoms with Crippen molar-refractivity contribution in [3.63, 3.8) is 0 Å². The van der Waals surface area contributed by atoms with Gasteiger partial charge in [0, 0.05) is 4.88 Å². The van der Waals surface area contributed by atoms with Crippen molar-refractivity contribution in [2.75, 3.05) is 0 Å². The summed E-state index contributed by atoms with van der Waals surface area (Å²) < 4.78 is 0. The van der Waals surface area contributed by atoms with Crippen LogP contribution in [-0.4, -0.2) is 0 Å².